The molecule has 1 amide bonds. The number of nitrogens with one attached hydrogen (secondary N) is 1. The molecule has 2 aromatic carbocycles. The molecule has 146 valence electrons. The van der Waals surface area contributed by atoms with Crippen molar-refractivity contribution in [3.63, 3.8) is 0 Å². The van der Waals surface area contributed by atoms with Crippen molar-refractivity contribution in [2.45, 2.75) is 38.0 Å². The van der Waals surface area contributed by atoms with E-state index in [2.05, 4.69) is 5.32 Å². The molecule has 1 N–H and O–H groups in total. The predicted octanol–water partition coefficient (Wildman–Crippen LogP) is 4.92. The highest BCUT2D eigenvalue weighted by Crippen LogP contribution is 2.42. The zero-order chi connectivity index (χ0) is 19.8. The van der Waals surface area contributed by atoms with E-state index in [4.69, 9.17) is 0 Å². The van der Waals surface area contributed by atoms with Crippen molar-refractivity contribution < 1.29 is 4.79 Å². The van der Waals surface area contributed by atoms with Crippen molar-refractivity contribution in [2.24, 2.45) is 5.92 Å². The lowest BCUT2D eigenvalue weighted by Gasteiger charge is -2.19. The van der Waals surface area contributed by atoms with E-state index in [1.54, 1.807) is 4.57 Å². The van der Waals surface area contributed by atoms with Gasteiger partial charge in [-0.1, -0.05) is 36.4 Å². The minimum Gasteiger partial charge on any atom is -0.322 e. The monoisotopic (exact) mass is 384 g/mol. The number of rotatable bonds is 6. The van der Waals surface area contributed by atoms with Gasteiger partial charge in [0.05, 0.1) is 5.56 Å². The highest BCUT2D eigenvalue weighted by Gasteiger charge is 2.34. The largest absolute Gasteiger partial charge is 0.322 e. The van der Waals surface area contributed by atoms with Crippen LogP contribution in [0.4, 0.5) is 5.69 Å². The average Bonchev–Trinajstić information content (AvgIpc) is 3.65. The predicted molar refractivity (Wildman–Crippen MR) is 115 cm³/mol. The molecule has 0 atom stereocenters. The first-order valence-electron chi connectivity index (χ1n) is 10.4. The number of carbonyl (C=O) groups excluding carboxylic acids is 1. The molecule has 4 nitrogen and oxygen atoms in total. The Labute approximate surface area is 170 Å². The van der Waals surface area contributed by atoms with Crippen molar-refractivity contribution in [2.75, 3.05) is 5.32 Å². The van der Waals surface area contributed by atoms with Crippen molar-refractivity contribution in [3.8, 4) is 5.69 Å². The van der Waals surface area contributed by atoms with Crippen LogP contribution in [0.25, 0.3) is 5.69 Å². The van der Waals surface area contributed by atoms with Gasteiger partial charge in [-0.15, -0.1) is 0 Å². The molecule has 29 heavy (non-hydrogen) atoms. The molecule has 2 fully saturated rings. The Morgan fingerprint density at radius 1 is 0.931 bits per heavy atom. The Balaban J connectivity index is 1.66. The summed E-state index contributed by atoms with van der Waals surface area (Å²) in [4.78, 5) is 26.7. The van der Waals surface area contributed by atoms with Crippen LogP contribution in [0.1, 0.15) is 53.2 Å². The third-order valence-corrected chi connectivity index (χ3v) is 5.77. The van der Waals surface area contributed by atoms with Crippen LogP contribution in [0.2, 0.25) is 0 Å². The highest BCUT2D eigenvalue weighted by atomic mass is 16.2. The van der Waals surface area contributed by atoms with Crippen LogP contribution in [-0.4, -0.2) is 10.5 Å². The van der Waals surface area contributed by atoms with E-state index in [0.717, 1.165) is 41.9 Å². The van der Waals surface area contributed by atoms with E-state index in [9.17, 15) is 9.59 Å². The van der Waals surface area contributed by atoms with Crippen LogP contribution < -0.4 is 10.9 Å². The number of hydrogen-bond acceptors (Lipinski definition) is 2. The number of nitrogens with zero attached hydrogens (tertiary/aromatic N) is 1. The Morgan fingerprint density at radius 2 is 1.59 bits per heavy atom. The molecule has 0 unspecified atom stereocenters. The van der Waals surface area contributed by atoms with Crippen molar-refractivity contribution in [3.05, 3.63) is 93.9 Å². The molecule has 5 rings (SSSR count). The number of para-hydroxylation sites is 2. The molecular formula is C25H24N2O2. The molecule has 3 aromatic rings. The number of carbonyl (C=O) groups is 1. The maximum absolute atomic E-state index is 13.5. The first kappa shape index (κ1) is 17.9. The Bertz CT molecular complexity index is 1090. The highest BCUT2D eigenvalue weighted by molar-refractivity contribution is 6.05. The van der Waals surface area contributed by atoms with Crippen molar-refractivity contribution in [1.29, 1.82) is 0 Å². The van der Waals surface area contributed by atoms with E-state index in [1.165, 1.54) is 12.8 Å². The number of benzene rings is 2. The van der Waals surface area contributed by atoms with Crippen LogP contribution >= 0.6 is 0 Å². The van der Waals surface area contributed by atoms with Crippen molar-refractivity contribution in [1.82, 2.24) is 4.57 Å². The quantitative estimate of drug-likeness (QED) is 0.656. The zero-order valence-electron chi connectivity index (χ0n) is 16.3. The van der Waals surface area contributed by atoms with Gasteiger partial charge in [-0.3, -0.25) is 14.2 Å². The molecule has 0 bridgehead atoms. The molecule has 0 saturated heterocycles. The van der Waals surface area contributed by atoms with Gasteiger partial charge in [0.25, 0.3) is 11.5 Å². The summed E-state index contributed by atoms with van der Waals surface area (Å²) in [6, 6.07) is 21.1. The zero-order valence-corrected chi connectivity index (χ0v) is 16.3. The Morgan fingerprint density at radius 3 is 2.21 bits per heavy atom. The van der Waals surface area contributed by atoms with Gasteiger partial charge in [0.2, 0.25) is 0 Å². The van der Waals surface area contributed by atoms with Crippen molar-refractivity contribution >= 4 is 11.6 Å². The molecular weight excluding hydrogens is 360 g/mol. The molecule has 0 aliphatic heterocycles. The lowest BCUT2D eigenvalue weighted by atomic mass is 10.0. The van der Waals surface area contributed by atoms with Crippen LogP contribution in [0.3, 0.4) is 0 Å². The topological polar surface area (TPSA) is 51.1 Å². The summed E-state index contributed by atoms with van der Waals surface area (Å²) >= 11 is 0. The van der Waals surface area contributed by atoms with Gasteiger partial charge in [0.15, 0.2) is 0 Å². The van der Waals surface area contributed by atoms with Crippen LogP contribution in [0.5, 0.6) is 0 Å². The van der Waals surface area contributed by atoms with Gasteiger partial charge in [0, 0.05) is 28.6 Å². The molecule has 2 aliphatic carbocycles. The molecule has 2 saturated carbocycles. The third-order valence-electron chi connectivity index (χ3n) is 5.77. The number of pyridine rings is 1. The maximum atomic E-state index is 13.5. The fraction of sp³-hybridized carbons (Fsp3) is 0.280. The third kappa shape index (κ3) is 3.75. The average molecular weight is 384 g/mol. The van der Waals surface area contributed by atoms with Crippen LogP contribution in [0.15, 0.2) is 71.5 Å². The van der Waals surface area contributed by atoms with Gasteiger partial charge in [-0.2, -0.15) is 0 Å². The second kappa shape index (κ2) is 7.36. The van der Waals surface area contributed by atoms with Gasteiger partial charge in [-0.05, 0) is 68.4 Å². The molecule has 4 heteroatoms. The second-order valence-corrected chi connectivity index (χ2v) is 8.19. The minimum absolute atomic E-state index is 0.0289. The lowest BCUT2D eigenvalue weighted by molar-refractivity contribution is 0.102. The number of aromatic nitrogens is 1. The maximum Gasteiger partial charge on any atom is 0.258 e. The van der Waals surface area contributed by atoms with Gasteiger partial charge >= 0.3 is 0 Å². The van der Waals surface area contributed by atoms with Gasteiger partial charge in [-0.25, -0.2) is 0 Å². The van der Waals surface area contributed by atoms with E-state index in [-0.39, 0.29) is 17.4 Å². The first-order valence-corrected chi connectivity index (χ1v) is 10.4. The number of hydrogen-bond donors (Lipinski definition) is 1. The standard InChI is InChI=1S/C25H24N2O2/c28-24(26-20-7-3-1-4-8-20)22-16-19(15-17-11-12-17)25(29)27(23(22)18-13-14-18)21-9-5-2-6-10-21/h1-10,16-18H,11-15H2,(H,26,28). The first-order chi connectivity index (χ1) is 14.2. The normalized spacial score (nSPS) is 15.9. The molecule has 0 radical (unpaired) electrons. The summed E-state index contributed by atoms with van der Waals surface area (Å²) in [5.41, 5.74) is 3.87. The molecule has 1 aromatic heterocycles. The summed E-state index contributed by atoms with van der Waals surface area (Å²) in [5.74, 6) is 0.693. The van der Waals surface area contributed by atoms with E-state index in [0.29, 0.717) is 11.5 Å². The minimum atomic E-state index is -0.139. The van der Waals surface area contributed by atoms with Gasteiger partial charge < -0.3 is 5.32 Å². The van der Waals surface area contributed by atoms with E-state index < -0.39 is 0 Å². The fourth-order valence-electron chi connectivity index (χ4n) is 3.96. The number of amides is 1. The second-order valence-electron chi connectivity index (χ2n) is 8.19. The summed E-state index contributed by atoms with van der Waals surface area (Å²) in [6.45, 7) is 0. The smallest absolute Gasteiger partial charge is 0.258 e. The van der Waals surface area contributed by atoms with E-state index in [1.807, 2.05) is 66.7 Å². The number of anilines is 1. The summed E-state index contributed by atoms with van der Waals surface area (Å²) in [6.07, 6.45) is 5.11. The fourth-order valence-corrected chi connectivity index (χ4v) is 3.96. The summed E-state index contributed by atoms with van der Waals surface area (Å²) in [7, 11) is 0. The van der Waals surface area contributed by atoms with Crippen LogP contribution in [0, 0.1) is 5.92 Å². The summed E-state index contributed by atoms with van der Waals surface area (Å²) in [5, 5.41) is 3.02. The van der Waals surface area contributed by atoms with E-state index >= 15 is 0 Å². The Kier molecular flexibility index (Phi) is 4.55. The molecule has 0 spiro atoms. The SMILES string of the molecule is O=C(Nc1ccccc1)c1cc(CC2CC2)c(=O)n(-c2ccccc2)c1C1CC1. The molecule has 1 heterocycles. The summed E-state index contributed by atoms with van der Waals surface area (Å²) < 4.78 is 1.80. The van der Waals surface area contributed by atoms with Crippen LogP contribution in [-0.2, 0) is 6.42 Å². The van der Waals surface area contributed by atoms with Gasteiger partial charge in [0.1, 0.15) is 0 Å². The Hall–Kier alpha value is -3.14. The molecule has 2 aliphatic rings. The lowest BCUT2D eigenvalue weighted by Crippen LogP contribution is -2.29.